The number of amides is 2. The summed E-state index contributed by atoms with van der Waals surface area (Å²) in [7, 11) is 0. The molecule has 1 aromatic heterocycles. The van der Waals surface area contributed by atoms with Crippen LogP contribution in [0.1, 0.15) is 23.4 Å². The Morgan fingerprint density at radius 1 is 1.20 bits per heavy atom. The molecule has 0 bridgehead atoms. The van der Waals surface area contributed by atoms with E-state index in [-0.39, 0.29) is 17.7 Å². The summed E-state index contributed by atoms with van der Waals surface area (Å²) in [4.78, 5) is 30.8. The number of carbonyl (C=O) groups excluding carboxylic acids is 2. The average molecular weight is 421 g/mol. The molecule has 0 aliphatic carbocycles. The molecule has 30 heavy (non-hydrogen) atoms. The van der Waals surface area contributed by atoms with Crippen molar-refractivity contribution >= 4 is 45.1 Å². The van der Waals surface area contributed by atoms with Gasteiger partial charge in [0.2, 0.25) is 11.8 Å². The van der Waals surface area contributed by atoms with E-state index < -0.39 is 0 Å². The fraction of sp³-hybridized carbons (Fsp3) is 0.261. The Morgan fingerprint density at radius 3 is 2.83 bits per heavy atom. The highest BCUT2D eigenvalue weighted by Gasteiger charge is 2.24. The second-order valence-electron chi connectivity index (χ2n) is 7.48. The van der Waals surface area contributed by atoms with E-state index in [1.54, 1.807) is 17.4 Å². The number of nitrogens with two attached hydrogens (primary N) is 1. The molecule has 3 N–H and O–H groups in total. The van der Waals surface area contributed by atoms with Crippen LogP contribution in [0.2, 0.25) is 0 Å². The lowest BCUT2D eigenvalue weighted by atomic mass is 9.97. The van der Waals surface area contributed by atoms with E-state index in [9.17, 15) is 9.59 Å². The number of nitrogens with one attached hydrogen (secondary N) is 1. The number of hydrogen-bond acceptors (Lipinski definition) is 5. The van der Waals surface area contributed by atoms with E-state index >= 15 is 0 Å². The predicted molar refractivity (Wildman–Crippen MR) is 121 cm³/mol. The maximum Gasteiger partial charge on any atom is 0.248 e. The van der Waals surface area contributed by atoms with E-state index in [1.807, 2.05) is 48.5 Å². The zero-order valence-corrected chi connectivity index (χ0v) is 17.4. The lowest BCUT2D eigenvalue weighted by molar-refractivity contribution is -0.123. The van der Waals surface area contributed by atoms with Gasteiger partial charge in [-0.15, -0.1) is 11.3 Å². The fourth-order valence-electron chi connectivity index (χ4n) is 3.74. The lowest BCUT2D eigenvalue weighted by Gasteiger charge is -2.31. The molecule has 1 saturated heterocycles. The lowest BCUT2D eigenvalue weighted by Crippen LogP contribution is -2.40. The van der Waals surface area contributed by atoms with Crippen LogP contribution in [-0.4, -0.2) is 34.8 Å². The van der Waals surface area contributed by atoms with Gasteiger partial charge in [0, 0.05) is 24.9 Å². The highest BCUT2D eigenvalue weighted by Crippen LogP contribution is 2.24. The molecule has 0 radical (unpaired) electrons. The third kappa shape index (κ3) is 4.93. The van der Waals surface area contributed by atoms with Crippen LogP contribution in [0.4, 0.5) is 5.69 Å². The van der Waals surface area contributed by atoms with Crippen molar-refractivity contribution in [1.29, 1.82) is 0 Å². The quantitative estimate of drug-likeness (QED) is 0.596. The van der Waals surface area contributed by atoms with Crippen molar-refractivity contribution in [2.75, 3.05) is 18.4 Å². The molecule has 2 aromatic carbocycles. The molecule has 1 unspecified atom stereocenters. The van der Waals surface area contributed by atoms with Crippen molar-refractivity contribution in [1.82, 2.24) is 9.88 Å². The maximum absolute atomic E-state index is 12.5. The Kier molecular flexibility index (Phi) is 6.21. The van der Waals surface area contributed by atoms with Crippen LogP contribution in [0, 0.1) is 5.92 Å². The van der Waals surface area contributed by atoms with Gasteiger partial charge in [-0.2, -0.15) is 0 Å². The minimum absolute atomic E-state index is 0.0998. The third-order valence-electron chi connectivity index (χ3n) is 5.26. The molecule has 1 fully saturated rings. The molecular formula is C23H24N4O2S. The molecule has 1 aliphatic heterocycles. The van der Waals surface area contributed by atoms with Crippen LogP contribution >= 0.6 is 11.3 Å². The van der Waals surface area contributed by atoms with Crippen molar-refractivity contribution in [2.24, 2.45) is 11.7 Å². The van der Waals surface area contributed by atoms with E-state index in [2.05, 4.69) is 15.2 Å². The van der Waals surface area contributed by atoms with Gasteiger partial charge in [0.1, 0.15) is 5.01 Å². The van der Waals surface area contributed by atoms with Crippen LogP contribution in [0.25, 0.3) is 16.3 Å². The highest BCUT2D eigenvalue weighted by molar-refractivity contribution is 7.19. The Bertz CT molecular complexity index is 1060. The first-order valence-corrected chi connectivity index (χ1v) is 10.8. The van der Waals surface area contributed by atoms with Gasteiger partial charge < -0.3 is 11.1 Å². The summed E-state index contributed by atoms with van der Waals surface area (Å²) in [5.41, 5.74) is 8.22. The average Bonchev–Trinajstić information content (AvgIpc) is 3.17. The molecule has 2 amide bonds. The summed E-state index contributed by atoms with van der Waals surface area (Å²) in [6.45, 7) is 2.25. The summed E-state index contributed by atoms with van der Waals surface area (Å²) in [5, 5.41) is 3.77. The largest absolute Gasteiger partial charge is 0.369 e. The van der Waals surface area contributed by atoms with Gasteiger partial charge in [0.05, 0.1) is 16.1 Å². The van der Waals surface area contributed by atoms with Gasteiger partial charge in [-0.1, -0.05) is 30.3 Å². The molecular weight excluding hydrogens is 396 g/mol. The number of carbonyl (C=O) groups is 2. The summed E-state index contributed by atoms with van der Waals surface area (Å²) < 4.78 is 1.10. The third-order valence-corrected chi connectivity index (χ3v) is 6.27. The Hall–Kier alpha value is -3.03. The van der Waals surface area contributed by atoms with Gasteiger partial charge in [-0.25, -0.2) is 4.98 Å². The number of primary amides is 1. The first kappa shape index (κ1) is 20.3. The zero-order valence-electron chi connectivity index (χ0n) is 16.6. The van der Waals surface area contributed by atoms with Crippen molar-refractivity contribution < 1.29 is 9.59 Å². The van der Waals surface area contributed by atoms with Crippen LogP contribution in [0.3, 0.4) is 0 Å². The van der Waals surface area contributed by atoms with Crippen LogP contribution < -0.4 is 11.1 Å². The van der Waals surface area contributed by atoms with Crippen LogP contribution in [-0.2, 0) is 16.1 Å². The first-order chi connectivity index (χ1) is 14.6. The topological polar surface area (TPSA) is 88.3 Å². The Morgan fingerprint density at radius 2 is 2.00 bits per heavy atom. The zero-order chi connectivity index (χ0) is 20.9. The monoisotopic (exact) mass is 420 g/mol. The second kappa shape index (κ2) is 9.19. The number of fused-ring (bicyclic) bond motifs is 1. The molecule has 2 heterocycles. The molecule has 1 aliphatic rings. The minimum Gasteiger partial charge on any atom is -0.369 e. The van der Waals surface area contributed by atoms with Crippen LogP contribution in [0.15, 0.2) is 54.6 Å². The number of nitrogens with zero attached hydrogens (tertiary/aromatic N) is 2. The number of thiazole rings is 1. The Labute approximate surface area is 179 Å². The number of para-hydroxylation sites is 2. The molecule has 0 saturated carbocycles. The van der Waals surface area contributed by atoms with E-state index in [0.717, 1.165) is 45.9 Å². The van der Waals surface area contributed by atoms with Crippen molar-refractivity contribution in [3.8, 4) is 0 Å². The van der Waals surface area contributed by atoms with Crippen molar-refractivity contribution in [3.63, 3.8) is 0 Å². The number of anilines is 1. The molecule has 4 rings (SSSR count). The maximum atomic E-state index is 12.5. The molecule has 0 spiro atoms. The minimum atomic E-state index is -0.235. The summed E-state index contributed by atoms with van der Waals surface area (Å²) in [6, 6.07) is 15.7. The first-order valence-electron chi connectivity index (χ1n) is 10.0. The van der Waals surface area contributed by atoms with Gasteiger partial charge >= 0.3 is 0 Å². The number of benzene rings is 2. The standard InChI is InChI=1S/C23H24N4O2S/c24-23(29)17-7-5-13-27(15-17)14-16-6-1-2-8-18(16)25-21(28)11-12-22-26-19-9-3-4-10-20(19)30-22/h1-4,6,8-12,17H,5,7,13-15H2,(H2,24,29)(H,25,28)/b12-11+. The number of likely N-dealkylation sites (tertiary alicyclic amines) is 1. The Balaban J connectivity index is 1.42. The molecule has 6 nitrogen and oxygen atoms in total. The number of rotatable bonds is 6. The molecule has 7 heteroatoms. The van der Waals surface area contributed by atoms with Gasteiger partial charge in [-0.3, -0.25) is 14.5 Å². The van der Waals surface area contributed by atoms with Gasteiger partial charge in [-0.05, 0) is 49.2 Å². The number of piperidine rings is 1. The highest BCUT2D eigenvalue weighted by atomic mass is 32.1. The summed E-state index contributed by atoms with van der Waals surface area (Å²) >= 11 is 1.55. The molecule has 3 aromatic rings. The number of hydrogen-bond donors (Lipinski definition) is 2. The smallest absolute Gasteiger partial charge is 0.248 e. The van der Waals surface area contributed by atoms with Gasteiger partial charge in [0.15, 0.2) is 0 Å². The van der Waals surface area contributed by atoms with E-state index in [1.165, 1.54) is 6.08 Å². The molecule has 154 valence electrons. The second-order valence-corrected chi connectivity index (χ2v) is 8.54. The van der Waals surface area contributed by atoms with Gasteiger partial charge in [0.25, 0.3) is 0 Å². The van der Waals surface area contributed by atoms with Crippen molar-refractivity contribution in [3.05, 3.63) is 65.2 Å². The fourth-order valence-corrected chi connectivity index (χ4v) is 4.61. The molecule has 1 atom stereocenters. The van der Waals surface area contributed by atoms with Crippen LogP contribution in [0.5, 0.6) is 0 Å². The summed E-state index contributed by atoms with van der Waals surface area (Å²) in [6.07, 6.45) is 5.05. The van der Waals surface area contributed by atoms with E-state index in [0.29, 0.717) is 13.1 Å². The van der Waals surface area contributed by atoms with Crippen molar-refractivity contribution in [2.45, 2.75) is 19.4 Å². The SMILES string of the molecule is NC(=O)C1CCCN(Cc2ccccc2NC(=O)/C=C/c2nc3ccccc3s2)C1. The van der Waals surface area contributed by atoms with E-state index in [4.69, 9.17) is 5.73 Å². The predicted octanol–water partition coefficient (Wildman–Crippen LogP) is 3.65. The normalized spacial score (nSPS) is 17.4. The number of aromatic nitrogens is 1. The summed E-state index contributed by atoms with van der Waals surface area (Å²) in [5.74, 6) is -0.533.